The van der Waals surface area contributed by atoms with Gasteiger partial charge >= 0.3 is 0 Å². The number of alkyl halides is 2. The molecule has 1 aromatic rings. The van der Waals surface area contributed by atoms with Crippen LogP contribution in [0.1, 0.15) is 48.0 Å². The summed E-state index contributed by atoms with van der Waals surface area (Å²) >= 11 is 0. The molecule has 7 heteroatoms. The molecule has 0 heterocycles. The van der Waals surface area contributed by atoms with Crippen molar-refractivity contribution in [2.75, 3.05) is 13.1 Å². The largest absolute Gasteiger partial charge is 0.383 e. The van der Waals surface area contributed by atoms with E-state index in [0.29, 0.717) is 17.5 Å². The van der Waals surface area contributed by atoms with Crippen LogP contribution < -0.4 is 16.0 Å². The highest BCUT2D eigenvalue weighted by Crippen LogP contribution is 2.41. The molecule has 1 aromatic carbocycles. The molecule has 1 amide bonds. The zero-order chi connectivity index (χ0) is 19.4. The van der Waals surface area contributed by atoms with Crippen LogP contribution in [0.25, 0.3) is 0 Å². The van der Waals surface area contributed by atoms with Crippen molar-refractivity contribution in [2.45, 2.75) is 44.1 Å². The summed E-state index contributed by atoms with van der Waals surface area (Å²) in [5.74, 6) is -1.95. The smallest absolute Gasteiger partial charge is 0.262 e. The Hall–Kier alpha value is -2.28. The molecule has 2 unspecified atom stereocenters. The van der Waals surface area contributed by atoms with Crippen LogP contribution in [-0.2, 0) is 0 Å². The van der Waals surface area contributed by atoms with Crippen LogP contribution in [0.2, 0.25) is 0 Å². The summed E-state index contributed by atoms with van der Waals surface area (Å²) in [4.78, 5) is 12.4. The molecule has 0 bridgehead atoms. The van der Waals surface area contributed by atoms with Crippen LogP contribution in [0.5, 0.6) is 0 Å². The lowest BCUT2D eigenvalue weighted by Gasteiger charge is -2.11. The monoisotopic (exact) mass is 376 g/mol. The SMILES string of the molecule is CC(F)(F)CN/C=C(\C=N)NC(=O)c1cccc(C2CC2NCC2CC2)c1. The van der Waals surface area contributed by atoms with Crippen molar-refractivity contribution >= 4 is 12.1 Å². The van der Waals surface area contributed by atoms with Gasteiger partial charge in [0.1, 0.15) is 0 Å². The summed E-state index contributed by atoms with van der Waals surface area (Å²) in [5, 5.41) is 15.9. The number of allylic oxidation sites excluding steroid dienone is 1. The Labute approximate surface area is 158 Å². The molecule has 0 saturated heterocycles. The number of halogens is 2. The number of carbonyl (C=O) groups excluding carboxylic acids is 1. The molecular weight excluding hydrogens is 350 g/mol. The molecule has 2 saturated carbocycles. The Morgan fingerprint density at radius 2 is 2.15 bits per heavy atom. The Kier molecular flexibility index (Phi) is 5.89. The first-order valence-corrected chi connectivity index (χ1v) is 9.32. The van der Waals surface area contributed by atoms with Gasteiger partial charge in [-0.3, -0.25) is 4.79 Å². The van der Waals surface area contributed by atoms with Gasteiger partial charge in [-0.2, -0.15) is 0 Å². The van der Waals surface area contributed by atoms with Crippen LogP contribution in [0.3, 0.4) is 0 Å². The predicted octanol–water partition coefficient (Wildman–Crippen LogP) is 3.01. The zero-order valence-corrected chi connectivity index (χ0v) is 15.4. The molecule has 0 spiro atoms. The number of rotatable bonds is 10. The van der Waals surface area contributed by atoms with E-state index in [4.69, 9.17) is 5.41 Å². The predicted molar refractivity (Wildman–Crippen MR) is 101 cm³/mol. The summed E-state index contributed by atoms with van der Waals surface area (Å²) in [7, 11) is 0. The van der Waals surface area contributed by atoms with Gasteiger partial charge in [0.2, 0.25) is 0 Å². The van der Waals surface area contributed by atoms with Gasteiger partial charge in [0.05, 0.1) is 12.2 Å². The minimum absolute atomic E-state index is 0.130. The summed E-state index contributed by atoms with van der Waals surface area (Å²) in [6.07, 6.45) is 5.87. The number of carbonyl (C=O) groups is 1. The van der Waals surface area contributed by atoms with Gasteiger partial charge in [0.25, 0.3) is 11.8 Å². The maximum atomic E-state index is 12.8. The number of benzene rings is 1. The molecule has 5 nitrogen and oxygen atoms in total. The first-order valence-electron chi connectivity index (χ1n) is 9.32. The second-order valence-electron chi connectivity index (χ2n) is 7.58. The first-order chi connectivity index (χ1) is 12.9. The Morgan fingerprint density at radius 3 is 2.81 bits per heavy atom. The van der Waals surface area contributed by atoms with Crippen molar-refractivity contribution in [3.8, 4) is 0 Å². The molecule has 0 aromatic heterocycles. The quantitative estimate of drug-likeness (QED) is 0.474. The summed E-state index contributed by atoms with van der Waals surface area (Å²) in [6.45, 7) is 1.32. The third kappa shape index (κ3) is 6.13. The van der Waals surface area contributed by atoms with Crippen molar-refractivity contribution < 1.29 is 13.6 Å². The molecule has 27 heavy (non-hydrogen) atoms. The van der Waals surface area contributed by atoms with E-state index >= 15 is 0 Å². The third-order valence-electron chi connectivity index (χ3n) is 4.82. The maximum Gasteiger partial charge on any atom is 0.262 e. The number of nitrogens with one attached hydrogen (secondary N) is 4. The lowest BCUT2D eigenvalue weighted by molar-refractivity contribution is 0.0260. The van der Waals surface area contributed by atoms with Crippen LogP contribution in [0.4, 0.5) is 8.78 Å². The molecule has 0 aliphatic heterocycles. The van der Waals surface area contributed by atoms with E-state index < -0.39 is 12.5 Å². The van der Waals surface area contributed by atoms with Crippen molar-refractivity contribution in [2.24, 2.45) is 5.92 Å². The van der Waals surface area contributed by atoms with Gasteiger partial charge in [-0.25, -0.2) is 8.78 Å². The van der Waals surface area contributed by atoms with E-state index in [1.165, 1.54) is 19.0 Å². The fourth-order valence-corrected chi connectivity index (χ4v) is 3.00. The number of hydrogen-bond acceptors (Lipinski definition) is 4. The minimum atomic E-state index is -2.86. The van der Waals surface area contributed by atoms with Crippen LogP contribution in [-0.4, -0.2) is 37.2 Å². The van der Waals surface area contributed by atoms with Gasteiger partial charge in [0, 0.05) is 36.9 Å². The molecule has 146 valence electrons. The van der Waals surface area contributed by atoms with E-state index in [9.17, 15) is 13.6 Å². The van der Waals surface area contributed by atoms with Gasteiger partial charge in [-0.05, 0) is 49.4 Å². The average Bonchev–Trinajstić information content (AvgIpc) is 3.52. The fraction of sp³-hybridized carbons (Fsp3) is 0.500. The standard InChI is InChI=1S/C20H26F2N4O/c1-20(21,22)12-24-11-16(9-23)26-19(27)15-4-2-3-14(7-15)17-8-18(17)25-10-13-5-6-13/h2-4,7,9,11,13,17-18,23-25H,5-6,8,10,12H2,1H3,(H,26,27)/b16-11+,23-9?. The van der Waals surface area contributed by atoms with Crippen molar-refractivity contribution in [3.63, 3.8) is 0 Å². The highest BCUT2D eigenvalue weighted by molar-refractivity contribution is 5.98. The molecule has 2 fully saturated rings. The Bertz CT molecular complexity index is 725. The molecule has 2 aliphatic carbocycles. The minimum Gasteiger partial charge on any atom is -0.383 e. The Morgan fingerprint density at radius 1 is 1.37 bits per heavy atom. The first kappa shape index (κ1) is 19.5. The van der Waals surface area contributed by atoms with Crippen molar-refractivity contribution in [3.05, 3.63) is 47.3 Å². The highest BCUT2D eigenvalue weighted by Gasteiger charge is 2.39. The fourth-order valence-electron chi connectivity index (χ4n) is 3.00. The van der Waals surface area contributed by atoms with E-state index in [-0.39, 0.29) is 11.6 Å². The second kappa shape index (κ2) is 8.17. The maximum absolute atomic E-state index is 12.8. The summed E-state index contributed by atoms with van der Waals surface area (Å²) in [6, 6.07) is 7.94. The van der Waals surface area contributed by atoms with Crippen LogP contribution >= 0.6 is 0 Å². The van der Waals surface area contributed by atoms with Crippen molar-refractivity contribution in [1.82, 2.24) is 16.0 Å². The topological polar surface area (TPSA) is 77.0 Å². The van der Waals surface area contributed by atoms with Crippen LogP contribution in [0, 0.1) is 11.3 Å². The normalized spacial score (nSPS) is 22.3. The molecule has 4 N–H and O–H groups in total. The molecule has 0 radical (unpaired) electrons. The van der Waals surface area contributed by atoms with Gasteiger partial charge in [-0.15, -0.1) is 0 Å². The van der Waals surface area contributed by atoms with Gasteiger partial charge < -0.3 is 21.4 Å². The lowest BCUT2D eigenvalue weighted by Crippen LogP contribution is -2.29. The number of hydrogen-bond donors (Lipinski definition) is 4. The van der Waals surface area contributed by atoms with E-state index in [1.54, 1.807) is 6.07 Å². The molecular formula is C20H26F2N4O. The third-order valence-corrected chi connectivity index (χ3v) is 4.82. The van der Waals surface area contributed by atoms with Crippen LogP contribution in [0.15, 0.2) is 36.2 Å². The highest BCUT2D eigenvalue weighted by atomic mass is 19.3. The van der Waals surface area contributed by atoms with Gasteiger partial charge in [0.15, 0.2) is 0 Å². The van der Waals surface area contributed by atoms with Gasteiger partial charge in [-0.1, -0.05) is 12.1 Å². The molecule has 3 rings (SSSR count). The second-order valence-corrected chi connectivity index (χ2v) is 7.58. The van der Waals surface area contributed by atoms with E-state index in [1.807, 2.05) is 18.2 Å². The summed E-state index contributed by atoms with van der Waals surface area (Å²) in [5.41, 5.74) is 1.75. The Balaban J connectivity index is 1.54. The average molecular weight is 376 g/mol. The summed E-state index contributed by atoms with van der Waals surface area (Å²) < 4.78 is 25.6. The zero-order valence-electron chi connectivity index (χ0n) is 15.4. The molecule has 2 aliphatic rings. The molecule has 2 atom stereocenters. The van der Waals surface area contributed by atoms with E-state index in [2.05, 4.69) is 16.0 Å². The number of amides is 1. The lowest BCUT2D eigenvalue weighted by atomic mass is 10.1. The van der Waals surface area contributed by atoms with E-state index in [0.717, 1.165) is 37.6 Å². The van der Waals surface area contributed by atoms with Crippen molar-refractivity contribution in [1.29, 1.82) is 5.41 Å².